The number of fused-ring (bicyclic) bond motifs is 2. The molecule has 1 spiro atoms. The molecule has 2 heterocycles. The first-order valence-corrected chi connectivity index (χ1v) is 10.5. The second kappa shape index (κ2) is 7.27. The maximum Gasteiger partial charge on any atom is 0.777 e. The van der Waals surface area contributed by atoms with Gasteiger partial charge in [-0.3, -0.25) is 9.59 Å². The molecule has 0 bridgehead atoms. The minimum absolute atomic E-state index is 0.129. The number of benzene rings is 4. The standard InChI is InChI=1S/C26H16BO6/c28-25(17-7-3-1-4-8-17)19-11-13-21-23(15-19)32-27(30-21)31-22-14-12-20(16-24(22)33-27)26(29)18-9-5-2-6-10-18/h1-16H/q-1. The number of ketones is 2. The third-order valence-corrected chi connectivity index (χ3v) is 5.57. The highest BCUT2D eigenvalue weighted by molar-refractivity contribution is 6.59. The van der Waals surface area contributed by atoms with Crippen LogP contribution < -0.4 is 18.6 Å². The summed E-state index contributed by atoms with van der Waals surface area (Å²) in [5.41, 5.74) is 2.08. The van der Waals surface area contributed by atoms with Crippen LogP contribution in [0.15, 0.2) is 97.1 Å². The Bertz CT molecular complexity index is 1290. The summed E-state index contributed by atoms with van der Waals surface area (Å²) < 4.78 is 23.5. The fraction of sp³-hybridized carbons (Fsp3) is 0. The van der Waals surface area contributed by atoms with Gasteiger partial charge in [0.2, 0.25) is 0 Å². The van der Waals surface area contributed by atoms with E-state index < -0.39 is 6.96 Å². The molecule has 0 unspecified atom stereocenters. The van der Waals surface area contributed by atoms with Crippen LogP contribution >= 0.6 is 0 Å². The zero-order chi connectivity index (χ0) is 22.4. The van der Waals surface area contributed by atoms with Crippen LogP contribution in [0, 0.1) is 0 Å². The largest absolute Gasteiger partial charge is 0.777 e. The van der Waals surface area contributed by atoms with Gasteiger partial charge in [0.1, 0.15) is 23.0 Å². The molecule has 0 saturated carbocycles. The minimum atomic E-state index is -2.62. The van der Waals surface area contributed by atoms with E-state index in [-0.39, 0.29) is 11.6 Å². The van der Waals surface area contributed by atoms with Crippen molar-refractivity contribution < 1.29 is 28.2 Å². The molecule has 0 fully saturated rings. The van der Waals surface area contributed by atoms with Gasteiger partial charge in [-0.25, -0.2) is 0 Å². The Morgan fingerprint density at radius 1 is 0.455 bits per heavy atom. The third-order valence-electron chi connectivity index (χ3n) is 5.57. The lowest BCUT2D eigenvalue weighted by Gasteiger charge is -2.27. The van der Waals surface area contributed by atoms with Gasteiger partial charge in [0.25, 0.3) is 0 Å². The second-order valence-electron chi connectivity index (χ2n) is 7.76. The fourth-order valence-corrected chi connectivity index (χ4v) is 3.96. The van der Waals surface area contributed by atoms with Crippen LogP contribution in [0.3, 0.4) is 0 Å². The molecular weight excluding hydrogens is 419 g/mol. The summed E-state index contributed by atoms with van der Waals surface area (Å²) >= 11 is 0. The van der Waals surface area contributed by atoms with E-state index in [4.69, 9.17) is 18.6 Å². The minimum Gasteiger partial charge on any atom is -0.609 e. The summed E-state index contributed by atoms with van der Waals surface area (Å²) in [6.45, 7) is -2.62. The van der Waals surface area contributed by atoms with Crippen molar-refractivity contribution in [3.63, 3.8) is 0 Å². The van der Waals surface area contributed by atoms with E-state index in [0.717, 1.165) is 0 Å². The van der Waals surface area contributed by atoms with Gasteiger partial charge in [-0.05, 0) is 36.4 Å². The first-order chi connectivity index (χ1) is 16.1. The average Bonchev–Trinajstić information content (AvgIpc) is 3.40. The number of carbonyl (C=O) groups excluding carboxylic acids is 2. The summed E-state index contributed by atoms with van der Waals surface area (Å²) in [4.78, 5) is 25.5. The van der Waals surface area contributed by atoms with Crippen LogP contribution in [0.1, 0.15) is 31.8 Å². The Hall–Kier alpha value is -4.52. The maximum atomic E-state index is 12.8. The van der Waals surface area contributed by atoms with Gasteiger partial charge >= 0.3 is 6.96 Å². The SMILES string of the molecule is O=C(c1ccccc1)c1ccc2c(c1)O[B-]1(O2)Oc2ccc(C(=O)c3ccccc3)cc2O1. The maximum absolute atomic E-state index is 12.8. The highest BCUT2D eigenvalue weighted by Crippen LogP contribution is 2.46. The molecule has 33 heavy (non-hydrogen) atoms. The van der Waals surface area contributed by atoms with Gasteiger partial charge < -0.3 is 18.6 Å². The van der Waals surface area contributed by atoms with Crippen molar-refractivity contribution in [3.8, 4) is 23.0 Å². The van der Waals surface area contributed by atoms with Gasteiger partial charge in [-0.2, -0.15) is 0 Å². The first-order valence-electron chi connectivity index (χ1n) is 10.5. The van der Waals surface area contributed by atoms with E-state index in [9.17, 15) is 9.59 Å². The molecular formula is C26H16BO6-. The summed E-state index contributed by atoms with van der Waals surface area (Å²) in [5, 5.41) is 0. The molecule has 0 aromatic heterocycles. The molecule has 2 aliphatic heterocycles. The van der Waals surface area contributed by atoms with Gasteiger partial charge in [0.15, 0.2) is 11.6 Å². The molecule has 160 valence electrons. The molecule has 0 atom stereocenters. The van der Waals surface area contributed by atoms with E-state index in [1.807, 2.05) is 36.4 Å². The summed E-state index contributed by atoms with van der Waals surface area (Å²) in [5.74, 6) is 1.27. The Morgan fingerprint density at radius 3 is 1.27 bits per heavy atom. The van der Waals surface area contributed by atoms with Crippen LogP contribution in [-0.2, 0) is 0 Å². The van der Waals surface area contributed by atoms with Crippen LogP contribution in [0.25, 0.3) is 0 Å². The number of hydrogen-bond donors (Lipinski definition) is 0. The van der Waals surface area contributed by atoms with Gasteiger partial charge in [0.05, 0.1) is 0 Å². The second-order valence-corrected chi connectivity index (χ2v) is 7.76. The molecule has 0 N–H and O–H groups in total. The van der Waals surface area contributed by atoms with E-state index in [0.29, 0.717) is 45.3 Å². The predicted octanol–water partition coefficient (Wildman–Crippen LogP) is 4.83. The molecule has 0 aliphatic carbocycles. The molecule has 0 saturated heterocycles. The average molecular weight is 435 g/mol. The Labute approximate surface area is 189 Å². The fourth-order valence-electron chi connectivity index (χ4n) is 3.96. The van der Waals surface area contributed by atoms with Gasteiger partial charge in [-0.15, -0.1) is 0 Å². The monoisotopic (exact) mass is 435 g/mol. The van der Waals surface area contributed by atoms with Gasteiger partial charge in [0, 0.05) is 22.3 Å². The van der Waals surface area contributed by atoms with Crippen molar-refractivity contribution in [2.45, 2.75) is 0 Å². The van der Waals surface area contributed by atoms with Crippen molar-refractivity contribution in [2.24, 2.45) is 0 Å². The molecule has 6 nitrogen and oxygen atoms in total. The van der Waals surface area contributed by atoms with Crippen LogP contribution in [0.2, 0.25) is 0 Å². The quantitative estimate of drug-likeness (QED) is 0.338. The molecule has 0 amide bonds. The van der Waals surface area contributed by atoms with E-state index in [1.54, 1.807) is 60.7 Å². The van der Waals surface area contributed by atoms with Crippen molar-refractivity contribution >= 4 is 18.5 Å². The topological polar surface area (TPSA) is 71.1 Å². The first kappa shape index (κ1) is 19.2. The summed E-state index contributed by atoms with van der Waals surface area (Å²) in [6, 6.07) is 27.9. The number of rotatable bonds is 4. The highest BCUT2D eigenvalue weighted by Gasteiger charge is 2.52. The summed E-state index contributed by atoms with van der Waals surface area (Å²) in [7, 11) is 0. The van der Waals surface area contributed by atoms with Crippen molar-refractivity contribution in [1.82, 2.24) is 0 Å². The third kappa shape index (κ3) is 3.31. The Kier molecular flexibility index (Phi) is 4.23. The van der Waals surface area contributed by atoms with Crippen molar-refractivity contribution in [2.75, 3.05) is 0 Å². The molecule has 7 heteroatoms. The number of hydrogen-bond acceptors (Lipinski definition) is 6. The van der Waals surface area contributed by atoms with Crippen LogP contribution in [0.5, 0.6) is 23.0 Å². The van der Waals surface area contributed by atoms with Crippen LogP contribution in [0.4, 0.5) is 0 Å². The molecule has 6 rings (SSSR count). The van der Waals surface area contributed by atoms with E-state index in [2.05, 4.69) is 0 Å². The lowest BCUT2D eigenvalue weighted by molar-refractivity contribution is 0.103. The smallest absolute Gasteiger partial charge is 0.609 e. The normalized spacial score (nSPS) is 14.3. The van der Waals surface area contributed by atoms with E-state index in [1.165, 1.54) is 0 Å². The molecule has 4 aromatic rings. The van der Waals surface area contributed by atoms with E-state index >= 15 is 0 Å². The van der Waals surface area contributed by atoms with Crippen LogP contribution in [-0.4, -0.2) is 18.5 Å². The zero-order valence-electron chi connectivity index (χ0n) is 17.3. The summed E-state index contributed by atoms with van der Waals surface area (Å²) in [6.07, 6.45) is 0. The lowest BCUT2D eigenvalue weighted by Crippen LogP contribution is -2.54. The highest BCUT2D eigenvalue weighted by atomic mass is 16.9. The lowest BCUT2D eigenvalue weighted by atomic mass is 10.0. The number of carbonyl (C=O) groups is 2. The zero-order valence-corrected chi connectivity index (χ0v) is 17.3. The van der Waals surface area contributed by atoms with Crippen molar-refractivity contribution in [1.29, 1.82) is 0 Å². The van der Waals surface area contributed by atoms with Gasteiger partial charge in [-0.1, -0.05) is 60.7 Å². The predicted molar refractivity (Wildman–Crippen MR) is 121 cm³/mol. The molecule has 4 aromatic carbocycles. The van der Waals surface area contributed by atoms with Crippen molar-refractivity contribution in [3.05, 3.63) is 119 Å². The Morgan fingerprint density at radius 2 is 0.848 bits per heavy atom. The Balaban J connectivity index is 1.24. The molecule has 2 aliphatic rings. The molecule has 0 radical (unpaired) electrons.